The van der Waals surface area contributed by atoms with E-state index in [4.69, 9.17) is 29.4 Å². The predicted octanol–water partition coefficient (Wildman–Crippen LogP) is 6.18. The van der Waals surface area contributed by atoms with E-state index in [1.165, 1.54) is 6.07 Å². The van der Waals surface area contributed by atoms with Crippen LogP contribution >= 0.6 is 0 Å². The van der Waals surface area contributed by atoms with Gasteiger partial charge in [-0.2, -0.15) is 5.26 Å². The average Bonchev–Trinajstić information content (AvgIpc) is 3.01. The Bertz CT molecular complexity index is 1710. The fourth-order valence-electron chi connectivity index (χ4n) is 4.78. The lowest BCUT2D eigenvalue weighted by molar-refractivity contribution is -0.133. The molecular weight excluding hydrogens is 551 g/mol. The van der Waals surface area contributed by atoms with Crippen LogP contribution < -0.4 is 29.4 Å². The lowest BCUT2D eigenvalue weighted by atomic mass is 9.83. The monoisotopic (exact) mass is 580 g/mol. The second-order valence-corrected chi connectivity index (χ2v) is 9.64. The van der Waals surface area contributed by atoms with Gasteiger partial charge in [0.1, 0.15) is 41.3 Å². The topological polar surface area (TPSA) is 113 Å². The Kier molecular flexibility index (Phi) is 8.77. The van der Waals surface area contributed by atoms with Crippen LogP contribution in [0, 0.1) is 17.1 Å². The van der Waals surface area contributed by atoms with Crippen LogP contribution in [0.5, 0.6) is 28.7 Å². The van der Waals surface area contributed by atoms with Crippen LogP contribution in [0.4, 0.5) is 4.39 Å². The Labute approximate surface area is 248 Å². The van der Waals surface area contributed by atoms with Crippen LogP contribution in [0.1, 0.15) is 35.1 Å². The van der Waals surface area contributed by atoms with Gasteiger partial charge >= 0.3 is 5.97 Å². The molecule has 9 heteroatoms. The third kappa shape index (κ3) is 6.54. The van der Waals surface area contributed by atoms with Crippen LogP contribution in [-0.4, -0.2) is 19.7 Å². The minimum absolute atomic E-state index is 0.0163. The molecular formula is C34H29FN2O6. The van der Waals surface area contributed by atoms with Crippen molar-refractivity contribution in [2.24, 2.45) is 5.73 Å². The summed E-state index contributed by atoms with van der Waals surface area (Å²) in [6.45, 7) is 2.22. The molecule has 4 aromatic carbocycles. The van der Waals surface area contributed by atoms with Gasteiger partial charge in [0.2, 0.25) is 5.88 Å². The van der Waals surface area contributed by atoms with E-state index in [0.717, 1.165) is 5.56 Å². The molecule has 0 saturated heterocycles. The smallest absolute Gasteiger partial charge is 0.315 e. The highest BCUT2D eigenvalue weighted by Crippen LogP contribution is 2.45. The number of rotatable bonds is 10. The number of nitrogens with two attached hydrogens (primary N) is 1. The molecule has 1 unspecified atom stereocenters. The van der Waals surface area contributed by atoms with Crippen molar-refractivity contribution in [1.29, 1.82) is 5.26 Å². The summed E-state index contributed by atoms with van der Waals surface area (Å²) < 4.78 is 42.4. The molecule has 1 heterocycles. The van der Waals surface area contributed by atoms with Crippen LogP contribution in [0.15, 0.2) is 96.4 Å². The molecule has 5 rings (SSSR count). The summed E-state index contributed by atoms with van der Waals surface area (Å²) in [6, 6.07) is 25.9. The number of ether oxygens (including phenoxy) is 5. The SMILES string of the molecule is CCOc1cc(C2C(C#N)=C(N)Oc3cc(OC(=O)Cc4ccc(OC)cc4)ccc32)ccc1OCc1ccccc1F. The standard InChI is InChI=1S/C34H29FN2O6/c1-3-40-31-17-22(10-15-29(31)41-20-23-6-4-5-7-28(23)35)33-26-14-13-25(18-30(26)43-34(37)27(33)19-36)42-32(38)16-21-8-11-24(39-2)12-9-21/h4-15,17-18,33H,3,16,20,37H2,1-2H3. The van der Waals surface area contributed by atoms with Gasteiger partial charge in [0.05, 0.1) is 26.1 Å². The first-order valence-electron chi connectivity index (χ1n) is 13.6. The second kappa shape index (κ2) is 13.0. The van der Waals surface area contributed by atoms with Gasteiger partial charge < -0.3 is 29.4 Å². The number of allylic oxidation sites excluding steroid dienone is 1. The average molecular weight is 581 g/mol. The highest BCUT2D eigenvalue weighted by atomic mass is 19.1. The van der Waals surface area contributed by atoms with E-state index in [1.54, 1.807) is 86.0 Å². The van der Waals surface area contributed by atoms with Gasteiger partial charge in [0.25, 0.3) is 0 Å². The Morgan fingerprint density at radius 1 is 0.977 bits per heavy atom. The number of halogens is 1. The van der Waals surface area contributed by atoms with Crippen molar-refractivity contribution in [3.8, 4) is 34.8 Å². The number of carbonyl (C=O) groups excluding carboxylic acids is 1. The van der Waals surface area contributed by atoms with E-state index in [1.807, 2.05) is 6.92 Å². The Hall–Kier alpha value is -5.49. The number of hydrogen-bond donors (Lipinski definition) is 1. The van der Waals surface area contributed by atoms with Gasteiger partial charge in [-0.3, -0.25) is 4.79 Å². The van der Waals surface area contributed by atoms with E-state index < -0.39 is 11.9 Å². The van der Waals surface area contributed by atoms with E-state index in [0.29, 0.717) is 46.3 Å². The zero-order valence-corrected chi connectivity index (χ0v) is 23.6. The van der Waals surface area contributed by atoms with Gasteiger partial charge in [-0.05, 0) is 54.4 Å². The Morgan fingerprint density at radius 2 is 1.74 bits per heavy atom. The summed E-state index contributed by atoms with van der Waals surface area (Å²) in [4.78, 5) is 12.6. The quantitative estimate of drug-likeness (QED) is 0.175. The molecule has 1 atom stereocenters. The number of nitrogens with zero attached hydrogens (tertiary/aromatic N) is 1. The lowest BCUT2D eigenvalue weighted by Crippen LogP contribution is -2.21. The van der Waals surface area contributed by atoms with Crippen molar-refractivity contribution in [3.05, 3.63) is 124 Å². The first kappa shape index (κ1) is 29.0. The molecule has 0 saturated carbocycles. The van der Waals surface area contributed by atoms with Gasteiger partial charge in [0.15, 0.2) is 11.5 Å². The van der Waals surface area contributed by atoms with Crippen molar-refractivity contribution in [1.82, 2.24) is 0 Å². The second-order valence-electron chi connectivity index (χ2n) is 9.64. The van der Waals surface area contributed by atoms with E-state index >= 15 is 0 Å². The minimum Gasteiger partial charge on any atom is -0.497 e. The van der Waals surface area contributed by atoms with Gasteiger partial charge in [0, 0.05) is 17.2 Å². The molecule has 4 aromatic rings. The van der Waals surface area contributed by atoms with E-state index in [-0.39, 0.29) is 36.1 Å². The molecule has 43 heavy (non-hydrogen) atoms. The zero-order chi connectivity index (χ0) is 30.3. The van der Waals surface area contributed by atoms with Crippen LogP contribution in [-0.2, 0) is 17.8 Å². The molecule has 8 nitrogen and oxygen atoms in total. The molecule has 0 fully saturated rings. The van der Waals surface area contributed by atoms with Crippen LogP contribution in [0.2, 0.25) is 0 Å². The summed E-state index contributed by atoms with van der Waals surface area (Å²) in [7, 11) is 1.57. The molecule has 0 spiro atoms. The number of nitriles is 1. The summed E-state index contributed by atoms with van der Waals surface area (Å²) >= 11 is 0. The number of esters is 1. The molecule has 1 aliphatic heterocycles. The molecule has 0 bridgehead atoms. The highest BCUT2D eigenvalue weighted by molar-refractivity contribution is 5.75. The van der Waals surface area contributed by atoms with Crippen molar-refractivity contribution < 1.29 is 32.9 Å². The number of fused-ring (bicyclic) bond motifs is 1. The van der Waals surface area contributed by atoms with E-state index in [9.17, 15) is 14.4 Å². The molecule has 0 aromatic heterocycles. The van der Waals surface area contributed by atoms with Crippen LogP contribution in [0.25, 0.3) is 0 Å². The van der Waals surface area contributed by atoms with Gasteiger partial charge in [-0.25, -0.2) is 4.39 Å². The van der Waals surface area contributed by atoms with Crippen LogP contribution in [0.3, 0.4) is 0 Å². The summed E-state index contributed by atoms with van der Waals surface area (Å²) in [5, 5.41) is 9.99. The fraction of sp³-hybridized carbons (Fsp3) is 0.176. The Morgan fingerprint density at radius 3 is 2.47 bits per heavy atom. The Balaban J connectivity index is 1.40. The van der Waals surface area contributed by atoms with Crippen molar-refractivity contribution in [2.45, 2.75) is 25.9 Å². The maximum absolute atomic E-state index is 14.1. The number of benzene rings is 4. The maximum Gasteiger partial charge on any atom is 0.315 e. The van der Waals surface area contributed by atoms with Gasteiger partial charge in [-0.15, -0.1) is 0 Å². The molecule has 0 radical (unpaired) electrons. The first-order chi connectivity index (χ1) is 20.9. The van der Waals surface area contributed by atoms with Gasteiger partial charge in [-0.1, -0.05) is 42.5 Å². The molecule has 1 aliphatic rings. The number of hydrogen-bond acceptors (Lipinski definition) is 8. The zero-order valence-electron chi connectivity index (χ0n) is 23.6. The number of carbonyl (C=O) groups is 1. The summed E-state index contributed by atoms with van der Waals surface area (Å²) in [5.74, 6) is 0.730. The maximum atomic E-state index is 14.1. The largest absolute Gasteiger partial charge is 0.497 e. The summed E-state index contributed by atoms with van der Waals surface area (Å²) in [5.41, 5.74) is 8.96. The predicted molar refractivity (Wildman–Crippen MR) is 156 cm³/mol. The van der Waals surface area contributed by atoms with Crippen molar-refractivity contribution >= 4 is 5.97 Å². The van der Waals surface area contributed by atoms with Crippen molar-refractivity contribution in [2.75, 3.05) is 13.7 Å². The minimum atomic E-state index is -0.586. The van der Waals surface area contributed by atoms with Crippen molar-refractivity contribution in [3.63, 3.8) is 0 Å². The first-order valence-corrected chi connectivity index (χ1v) is 13.6. The fourth-order valence-corrected chi connectivity index (χ4v) is 4.78. The molecule has 2 N–H and O–H groups in total. The molecule has 218 valence electrons. The third-order valence-corrected chi connectivity index (χ3v) is 6.87. The third-order valence-electron chi connectivity index (χ3n) is 6.87. The highest BCUT2D eigenvalue weighted by Gasteiger charge is 2.32. The molecule has 0 aliphatic carbocycles. The lowest BCUT2D eigenvalue weighted by Gasteiger charge is -2.27. The molecule has 0 amide bonds. The normalized spacial score (nSPS) is 13.8. The summed E-state index contributed by atoms with van der Waals surface area (Å²) in [6.07, 6.45) is 0.0662. The number of methoxy groups -OCH3 is 1. The van der Waals surface area contributed by atoms with E-state index in [2.05, 4.69) is 6.07 Å².